The van der Waals surface area contributed by atoms with Crippen LogP contribution in [0.4, 0.5) is 17.6 Å². The van der Waals surface area contributed by atoms with Gasteiger partial charge < -0.3 is 14.3 Å². The van der Waals surface area contributed by atoms with Gasteiger partial charge in [0, 0.05) is 12.1 Å². The van der Waals surface area contributed by atoms with Crippen molar-refractivity contribution in [2.24, 2.45) is 5.16 Å². The van der Waals surface area contributed by atoms with Crippen molar-refractivity contribution in [3.63, 3.8) is 0 Å². The number of hydrogen-bond acceptors (Lipinski definition) is 4. The van der Waals surface area contributed by atoms with Gasteiger partial charge in [-0.2, -0.15) is 17.6 Å². The molecule has 0 heterocycles. The lowest BCUT2D eigenvalue weighted by Gasteiger charge is -2.17. The van der Waals surface area contributed by atoms with Crippen LogP contribution in [-0.4, -0.2) is 25.5 Å². The van der Waals surface area contributed by atoms with Crippen molar-refractivity contribution in [3.05, 3.63) is 34.1 Å². The van der Waals surface area contributed by atoms with E-state index in [2.05, 4.69) is 5.16 Å². The van der Waals surface area contributed by atoms with E-state index in [0.29, 0.717) is 25.9 Å². The van der Waals surface area contributed by atoms with E-state index in [0.717, 1.165) is 17.9 Å². The molecule has 0 aromatic heterocycles. The van der Waals surface area contributed by atoms with Gasteiger partial charge in [0.25, 0.3) is 0 Å². The van der Waals surface area contributed by atoms with Crippen molar-refractivity contribution in [1.82, 2.24) is 0 Å². The number of rotatable bonds is 11. The monoisotopic (exact) mass is 445 g/mol. The molecule has 0 atom stereocenters. The molecule has 28 heavy (non-hydrogen) atoms. The van der Waals surface area contributed by atoms with E-state index in [1.807, 2.05) is 0 Å². The minimum Gasteiger partial charge on any atom is -0.491 e. The molecule has 0 bridgehead atoms. The molecule has 1 aromatic carbocycles. The van der Waals surface area contributed by atoms with Crippen molar-refractivity contribution in [2.75, 3.05) is 19.8 Å². The van der Waals surface area contributed by atoms with Crippen LogP contribution < -0.4 is 9.47 Å². The first-order chi connectivity index (χ1) is 13.1. The van der Waals surface area contributed by atoms with Gasteiger partial charge in [-0.1, -0.05) is 28.4 Å². The second kappa shape index (κ2) is 12.0. The average Bonchev–Trinajstić information content (AvgIpc) is 2.56. The number of halogens is 6. The molecule has 0 aliphatic heterocycles. The third-order valence-corrected chi connectivity index (χ3v) is 3.62. The lowest BCUT2D eigenvalue weighted by Crippen LogP contribution is -2.11. The molecule has 1 aromatic rings. The fourth-order valence-corrected chi connectivity index (χ4v) is 2.33. The first-order valence-corrected chi connectivity index (χ1v) is 9.17. The average molecular weight is 446 g/mol. The predicted molar refractivity (Wildman–Crippen MR) is 101 cm³/mol. The number of ether oxygens (including phenoxy) is 2. The third-order valence-electron chi connectivity index (χ3n) is 3.18. The maximum atomic E-state index is 13.3. The van der Waals surface area contributed by atoms with Crippen LogP contribution >= 0.6 is 23.2 Å². The second-order valence-corrected chi connectivity index (χ2v) is 6.63. The van der Waals surface area contributed by atoms with E-state index < -0.39 is 22.8 Å². The highest BCUT2D eigenvalue weighted by atomic mass is 35.5. The molecule has 0 radical (unpaired) electrons. The zero-order valence-corrected chi connectivity index (χ0v) is 16.9. The molecule has 0 saturated heterocycles. The number of oxime groups is 1. The summed E-state index contributed by atoms with van der Waals surface area (Å²) in [6.45, 7) is 3.74. The van der Waals surface area contributed by atoms with Crippen molar-refractivity contribution in [1.29, 1.82) is 0 Å². The maximum absolute atomic E-state index is 13.3. The largest absolute Gasteiger partial charge is 0.491 e. The van der Waals surface area contributed by atoms with Crippen LogP contribution in [0.5, 0.6) is 11.5 Å². The molecule has 0 N–H and O–H groups in total. The second-order valence-electron chi connectivity index (χ2n) is 5.87. The summed E-state index contributed by atoms with van der Waals surface area (Å²) in [6.07, 6.45) is -1.93. The number of alkyl halides is 3. The molecular formula is C18H21Cl2F4NO3. The van der Waals surface area contributed by atoms with E-state index in [1.54, 1.807) is 13.8 Å². The fourth-order valence-electron chi connectivity index (χ4n) is 2.00. The lowest BCUT2D eigenvalue weighted by atomic mass is 10.1. The fraction of sp³-hybridized carbons (Fsp3) is 0.500. The van der Waals surface area contributed by atoms with Crippen molar-refractivity contribution < 1.29 is 31.9 Å². The van der Waals surface area contributed by atoms with Crippen LogP contribution in [0.3, 0.4) is 0 Å². The predicted octanol–water partition coefficient (Wildman–Crippen LogP) is 6.75. The minimum absolute atomic E-state index is 0.0548. The van der Waals surface area contributed by atoms with E-state index in [4.69, 9.17) is 37.5 Å². The molecule has 0 spiro atoms. The Morgan fingerprint density at radius 3 is 2.39 bits per heavy atom. The number of benzene rings is 1. The first kappa shape index (κ1) is 24.4. The Kier molecular flexibility index (Phi) is 10.5. The van der Waals surface area contributed by atoms with Crippen molar-refractivity contribution in [3.8, 4) is 11.5 Å². The zero-order chi connectivity index (χ0) is 21.2. The quantitative estimate of drug-likeness (QED) is 0.163. The Bertz CT molecular complexity index is 686. The Morgan fingerprint density at radius 1 is 1.11 bits per heavy atom. The first-order valence-electron chi connectivity index (χ1n) is 8.42. The third kappa shape index (κ3) is 9.50. The Labute approximate surface area is 171 Å². The molecule has 10 heteroatoms. The summed E-state index contributed by atoms with van der Waals surface area (Å²) < 4.78 is 62.7. The van der Waals surface area contributed by atoms with Crippen LogP contribution in [0.1, 0.15) is 38.7 Å². The SMILES string of the molecule is CC(C)=NOCCCCCOc1c(Cl)cc(OC/C=C(\F)Cl)cc1C(F)(F)F. The van der Waals surface area contributed by atoms with Gasteiger partial charge in [-0.3, -0.25) is 0 Å². The molecule has 0 unspecified atom stereocenters. The molecule has 0 fully saturated rings. The molecule has 0 aliphatic rings. The van der Waals surface area contributed by atoms with Gasteiger partial charge >= 0.3 is 6.18 Å². The molecule has 158 valence electrons. The number of unbranched alkanes of at least 4 members (excludes halogenated alkanes) is 2. The van der Waals surface area contributed by atoms with E-state index in [1.165, 1.54) is 6.07 Å². The van der Waals surface area contributed by atoms with Crippen LogP contribution in [0, 0.1) is 0 Å². The van der Waals surface area contributed by atoms with Gasteiger partial charge in [0.2, 0.25) is 0 Å². The van der Waals surface area contributed by atoms with Gasteiger partial charge in [0.15, 0.2) is 5.29 Å². The van der Waals surface area contributed by atoms with Gasteiger partial charge in [-0.25, -0.2) is 0 Å². The van der Waals surface area contributed by atoms with E-state index >= 15 is 0 Å². The maximum Gasteiger partial charge on any atom is 0.420 e. The van der Waals surface area contributed by atoms with Crippen LogP contribution in [-0.2, 0) is 11.0 Å². The van der Waals surface area contributed by atoms with Gasteiger partial charge in [-0.15, -0.1) is 0 Å². The standard InChI is InChI=1S/C18H21Cl2F4NO3/c1-12(2)25-28-8-5-3-4-7-27-17-14(18(22,23)24)10-13(11-15(17)19)26-9-6-16(20)21/h6,10-11H,3-5,7-9H2,1-2H3/b16-6-. The summed E-state index contributed by atoms with van der Waals surface area (Å²) in [4.78, 5) is 5.03. The Balaban J connectivity index is 2.66. The molecular weight excluding hydrogens is 425 g/mol. The number of hydrogen-bond donors (Lipinski definition) is 0. The normalized spacial score (nSPS) is 11.9. The summed E-state index contributed by atoms with van der Waals surface area (Å²) in [5, 5.41) is 2.50. The highest BCUT2D eigenvalue weighted by Crippen LogP contribution is 2.43. The lowest BCUT2D eigenvalue weighted by molar-refractivity contribution is -0.139. The summed E-state index contributed by atoms with van der Waals surface area (Å²) in [7, 11) is 0. The molecule has 1 rings (SSSR count). The topological polar surface area (TPSA) is 40.0 Å². The highest BCUT2D eigenvalue weighted by molar-refractivity contribution is 6.32. The molecule has 0 amide bonds. The van der Waals surface area contributed by atoms with Crippen molar-refractivity contribution in [2.45, 2.75) is 39.3 Å². The Morgan fingerprint density at radius 2 is 1.79 bits per heavy atom. The zero-order valence-electron chi connectivity index (χ0n) is 15.4. The van der Waals surface area contributed by atoms with Gasteiger partial charge in [0.05, 0.1) is 17.3 Å². The number of nitrogens with zero attached hydrogens (tertiary/aromatic N) is 1. The highest BCUT2D eigenvalue weighted by Gasteiger charge is 2.36. The summed E-state index contributed by atoms with van der Waals surface area (Å²) in [5.74, 6) is -0.647. The van der Waals surface area contributed by atoms with E-state index in [-0.39, 0.29) is 24.0 Å². The van der Waals surface area contributed by atoms with Gasteiger partial charge in [-0.05, 0) is 39.2 Å². The van der Waals surface area contributed by atoms with Crippen LogP contribution in [0.2, 0.25) is 5.02 Å². The summed E-state index contributed by atoms with van der Waals surface area (Å²) >= 11 is 10.9. The molecule has 4 nitrogen and oxygen atoms in total. The van der Waals surface area contributed by atoms with Crippen molar-refractivity contribution >= 4 is 28.9 Å². The smallest absolute Gasteiger partial charge is 0.420 e. The van der Waals surface area contributed by atoms with Crippen LogP contribution in [0.15, 0.2) is 28.7 Å². The summed E-state index contributed by atoms with van der Waals surface area (Å²) in [6, 6.07) is 1.92. The minimum atomic E-state index is -4.70. The van der Waals surface area contributed by atoms with Crippen LogP contribution in [0.25, 0.3) is 0 Å². The molecule has 0 saturated carbocycles. The summed E-state index contributed by atoms with van der Waals surface area (Å²) in [5.41, 5.74) is -0.268. The van der Waals surface area contributed by atoms with Gasteiger partial charge in [0.1, 0.15) is 30.3 Å². The molecule has 0 aliphatic carbocycles. The Hall–Kier alpha value is -1.67. The van der Waals surface area contributed by atoms with E-state index in [9.17, 15) is 17.6 Å².